The monoisotopic (exact) mass is 234 g/mol. The molecule has 0 atom stereocenters. The van der Waals surface area contributed by atoms with Crippen molar-refractivity contribution >= 4 is 10.9 Å². The largest absolute Gasteiger partial charge is 0.260 e. The minimum atomic E-state index is 0.456. The van der Waals surface area contributed by atoms with Crippen LogP contribution in [-0.2, 0) is 6.54 Å². The van der Waals surface area contributed by atoms with Crippen molar-refractivity contribution in [3.8, 4) is 6.07 Å². The number of pyridine rings is 1. The molecule has 3 aromatic rings. The summed E-state index contributed by atoms with van der Waals surface area (Å²) in [5, 5.41) is 14.5. The molecule has 0 aliphatic rings. The Kier molecular flexibility index (Phi) is 2.50. The van der Waals surface area contributed by atoms with Crippen molar-refractivity contribution in [1.82, 2.24) is 14.8 Å². The minimum absolute atomic E-state index is 0.456. The van der Waals surface area contributed by atoms with Gasteiger partial charge in [-0.1, -0.05) is 24.3 Å². The number of hydrogen-bond acceptors (Lipinski definition) is 3. The Balaban J connectivity index is 2.05. The van der Waals surface area contributed by atoms with E-state index in [1.54, 1.807) is 6.20 Å². The van der Waals surface area contributed by atoms with Gasteiger partial charge in [-0.15, -0.1) is 0 Å². The van der Waals surface area contributed by atoms with E-state index < -0.39 is 0 Å². The molecule has 0 spiro atoms. The Morgan fingerprint density at radius 1 is 1.17 bits per heavy atom. The lowest BCUT2D eigenvalue weighted by atomic mass is 10.2. The molecule has 1 aromatic carbocycles. The molecule has 4 nitrogen and oxygen atoms in total. The van der Waals surface area contributed by atoms with E-state index in [0.717, 1.165) is 16.5 Å². The van der Waals surface area contributed by atoms with E-state index in [4.69, 9.17) is 5.26 Å². The van der Waals surface area contributed by atoms with Crippen molar-refractivity contribution in [2.45, 2.75) is 6.54 Å². The number of benzene rings is 1. The van der Waals surface area contributed by atoms with Gasteiger partial charge in [-0.2, -0.15) is 10.4 Å². The maximum atomic E-state index is 9.02. The molecule has 0 aliphatic heterocycles. The molecule has 3 rings (SSSR count). The van der Waals surface area contributed by atoms with Crippen LogP contribution in [0.1, 0.15) is 11.3 Å². The number of rotatable bonds is 2. The molecule has 18 heavy (non-hydrogen) atoms. The highest BCUT2D eigenvalue weighted by Crippen LogP contribution is 2.15. The summed E-state index contributed by atoms with van der Waals surface area (Å²) < 4.78 is 1.88. The van der Waals surface area contributed by atoms with Crippen LogP contribution in [0.5, 0.6) is 0 Å². The molecule has 86 valence electrons. The third-order valence-electron chi connectivity index (χ3n) is 2.87. The number of aromatic nitrogens is 3. The zero-order chi connectivity index (χ0) is 12.4. The Labute approximate surface area is 104 Å². The smallest absolute Gasteiger partial charge is 0.145 e. The SMILES string of the molecule is N#Cc1ncccc1Cn1ncc2ccccc21. The Morgan fingerprint density at radius 3 is 2.94 bits per heavy atom. The molecule has 0 amide bonds. The highest BCUT2D eigenvalue weighted by Gasteiger charge is 2.06. The van der Waals surface area contributed by atoms with Crippen molar-refractivity contribution in [2.75, 3.05) is 0 Å². The van der Waals surface area contributed by atoms with Gasteiger partial charge in [0.2, 0.25) is 0 Å². The predicted molar refractivity (Wildman–Crippen MR) is 67.8 cm³/mol. The highest BCUT2D eigenvalue weighted by atomic mass is 15.3. The molecule has 0 bridgehead atoms. The first-order valence-electron chi connectivity index (χ1n) is 5.63. The molecule has 0 radical (unpaired) electrons. The summed E-state index contributed by atoms with van der Waals surface area (Å²) in [6, 6.07) is 13.8. The molecular weight excluding hydrogens is 224 g/mol. The van der Waals surface area contributed by atoms with Crippen molar-refractivity contribution in [3.63, 3.8) is 0 Å². The Bertz CT molecular complexity index is 737. The lowest BCUT2D eigenvalue weighted by Crippen LogP contribution is -2.04. The first-order valence-corrected chi connectivity index (χ1v) is 5.63. The summed E-state index contributed by atoms with van der Waals surface area (Å²) in [6.07, 6.45) is 3.46. The first kappa shape index (κ1) is 10.5. The van der Waals surface area contributed by atoms with E-state index in [2.05, 4.69) is 16.2 Å². The van der Waals surface area contributed by atoms with Crippen molar-refractivity contribution in [3.05, 3.63) is 60.0 Å². The second-order valence-electron chi connectivity index (χ2n) is 3.98. The Hall–Kier alpha value is -2.67. The van der Waals surface area contributed by atoms with E-state index in [1.165, 1.54) is 0 Å². The number of hydrogen-bond donors (Lipinski definition) is 0. The maximum absolute atomic E-state index is 9.02. The van der Waals surface area contributed by atoms with Crippen LogP contribution in [0.25, 0.3) is 10.9 Å². The molecule has 2 aromatic heterocycles. The molecule has 0 unspecified atom stereocenters. The topological polar surface area (TPSA) is 54.5 Å². The fourth-order valence-electron chi connectivity index (χ4n) is 1.98. The number of nitriles is 1. The van der Waals surface area contributed by atoms with Crippen molar-refractivity contribution in [2.24, 2.45) is 0 Å². The number of para-hydroxylation sites is 1. The first-order chi connectivity index (χ1) is 8.88. The lowest BCUT2D eigenvalue weighted by Gasteiger charge is -2.04. The standard InChI is InChI=1S/C14H10N4/c15-8-13-12(5-3-7-16-13)10-18-14-6-2-1-4-11(14)9-17-18/h1-7,9H,10H2. The second-order valence-corrected chi connectivity index (χ2v) is 3.98. The van der Waals surface area contributed by atoms with Crippen LogP contribution in [-0.4, -0.2) is 14.8 Å². The maximum Gasteiger partial charge on any atom is 0.145 e. The van der Waals surface area contributed by atoms with Gasteiger partial charge in [0, 0.05) is 17.1 Å². The average Bonchev–Trinajstić information content (AvgIpc) is 2.83. The quantitative estimate of drug-likeness (QED) is 0.684. The van der Waals surface area contributed by atoms with Gasteiger partial charge in [-0.25, -0.2) is 4.98 Å². The summed E-state index contributed by atoms with van der Waals surface area (Å²) in [5.74, 6) is 0. The van der Waals surface area contributed by atoms with E-state index >= 15 is 0 Å². The molecule has 0 fully saturated rings. The van der Waals surface area contributed by atoms with Gasteiger partial charge in [0.15, 0.2) is 0 Å². The van der Waals surface area contributed by atoms with E-state index in [9.17, 15) is 0 Å². The zero-order valence-electron chi connectivity index (χ0n) is 9.61. The normalized spacial score (nSPS) is 10.4. The minimum Gasteiger partial charge on any atom is -0.260 e. The Morgan fingerprint density at radius 2 is 2.06 bits per heavy atom. The van der Waals surface area contributed by atoms with Gasteiger partial charge in [0.25, 0.3) is 0 Å². The fourth-order valence-corrected chi connectivity index (χ4v) is 1.98. The molecule has 0 N–H and O–H groups in total. The van der Waals surface area contributed by atoms with Gasteiger partial charge in [-0.05, 0) is 12.1 Å². The van der Waals surface area contributed by atoms with Crippen molar-refractivity contribution < 1.29 is 0 Å². The molecule has 0 saturated carbocycles. The van der Waals surface area contributed by atoms with Crippen LogP contribution in [0.2, 0.25) is 0 Å². The number of nitrogens with zero attached hydrogens (tertiary/aromatic N) is 4. The van der Waals surface area contributed by atoms with Crippen LogP contribution in [0.4, 0.5) is 0 Å². The van der Waals surface area contributed by atoms with Gasteiger partial charge < -0.3 is 0 Å². The van der Waals surface area contributed by atoms with Crippen LogP contribution in [0, 0.1) is 11.3 Å². The van der Waals surface area contributed by atoms with Crippen LogP contribution in [0.3, 0.4) is 0 Å². The third kappa shape index (κ3) is 1.72. The van der Waals surface area contributed by atoms with Crippen molar-refractivity contribution in [1.29, 1.82) is 5.26 Å². The van der Waals surface area contributed by atoms with E-state index in [1.807, 2.05) is 47.3 Å². The lowest BCUT2D eigenvalue weighted by molar-refractivity contribution is 0.708. The molecule has 4 heteroatoms. The molecule has 2 heterocycles. The summed E-state index contributed by atoms with van der Waals surface area (Å²) >= 11 is 0. The second kappa shape index (κ2) is 4.30. The van der Waals surface area contributed by atoms with Gasteiger partial charge >= 0.3 is 0 Å². The van der Waals surface area contributed by atoms with Gasteiger partial charge in [0.05, 0.1) is 18.3 Å². The van der Waals surface area contributed by atoms with Gasteiger partial charge in [-0.3, -0.25) is 4.68 Å². The summed E-state index contributed by atoms with van der Waals surface area (Å²) in [5.41, 5.74) is 2.40. The predicted octanol–water partition coefficient (Wildman–Crippen LogP) is 2.35. The molecular formula is C14H10N4. The highest BCUT2D eigenvalue weighted by molar-refractivity contribution is 5.78. The molecule has 0 aliphatic carbocycles. The summed E-state index contributed by atoms with van der Waals surface area (Å²) in [6.45, 7) is 0.560. The van der Waals surface area contributed by atoms with Gasteiger partial charge in [0.1, 0.15) is 11.8 Å². The fraction of sp³-hybridized carbons (Fsp3) is 0.0714. The summed E-state index contributed by atoms with van der Waals surface area (Å²) in [7, 11) is 0. The van der Waals surface area contributed by atoms with Crippen LogP contribution >= 0.6 is 0 Å². The van der Waals surface area contributed by atoms with E-state index in [0.29, 0.717) is 12.2 Å². The molecule has 0 saturated heterocycles. The van der Waals surface area contributed by atoms with E-state index in [-0.39, 0.29) is 0 Å². The summed E-state index contributed by atoms with van der Waals surface area (Å²) in [4.78, 5) is 4.06. The number of fused-ring (bicyclic) bond motifs is 1. The van der Waals surface area contributed by atoms with Crippen LogP contribution < -0.4 is 0 Å². The third-order valence-corrected chi connectivity index (χ3v) is 2.87. The zero-order valence-corrected chi connectivity index (χ0v) is 9.61. The van der Waals surface area contributed by atoms with Crippen LogP contribution in [0.15, 0.2) is 48.8 Å². The average molecular weight is 234 g/mol.